The van der Waals surface area contributed by atoms with Crippen LogP contribution in [0, 0.1) is 0 Å². The molecule has 1 atom stereocenters. The summed E-state index contributed by atoms with van der Waals surface area (Å²) in [6.07, 6.45) is -2.93. The molecule has 2 N–H and O–H groups in total. The van der Waals surface area contributed by atoms with Crippen LogP contribution in [-0.2, 0) is 4.79 Å². The minimum atomic E-state index is -4.34. The highest BCUT2D eigenvalue weighted by Crippen LogP contribution is 2.49. The van der Waals surface area contributed by atoms with Crippen LogP contribution in [0.4, 0.5) is 13.2 Å². The van der Waals surface area contributed by atoms with Crippen molar-refractivity contribution in [1.29, 1.82) is 0 Å². The number of carbonyl (C=O) groups excluding carboxylic acids is 1. The lowest BCUT2D eigenvalue weighted by molar-refractivity contribution is -0.171. The highest BCUT2D eigenvalue weighted by Gasteiger charge is 2.65. The third-order valence-corrected chi connectivity index (χ3v) is 3.52. The predicted octanol–water partition coefficient (Wildman–Crippen LogP) is 1.34. The summed E-state index contributed by atoms with van der Waals surface area (Å²) < 4.78 is 37.9. The zero-order chi connectivity index (χ0) is 12.0. The molecule has 2 rings (SSSR count). The first-order chi connectivity index (χ1) is 7.29. The van der Waals surface area contributed by atoms with Crippen LogP contribution in [-0.4, -0.2) is 29.7 Å². The predicted molar refractivity (Wildman–Crippen MR) is 51.8 cm³/mol. The Morgan fingerprint density at radius 2 is 1.94 bits per heavy atom. The number of carbonyl (C=O) groups is 1. The fraction of sp³-hybridized carbons (Fsp3) is 0.900. The second-order valence-corrected chi connectivity index (χ2v) is 4.90. The molecule has 1 unspecified atom stereocenters. The Morgan fingerprint density at radius 1 is 1.31 bits per heavy atom. The van der Waals surface area contributed by atoms with Crippen molar-refractivity contribution in [2.24, 2.45) is 0 Å². The monoisotopic (exact) mass is 236 g/mol. The van der Waals surface area contributed by atoms with Crippen molar-refractivity contribution < 1.29 is 18.0 Å². The van der Waals surface area contributed by atoms with E-state index in [9.17, 15) is 18.0 Å². The van der Waals surface area contributed by atoms with Gasteiger partial charge < -0.3 is 10.6 Å². The standard InChI is InChI=1S/C10H15F3N2O/c1-8(3-2-6-14-8)7(16)15-9(4-5-9)10(11,12)13/h14H,2-6H2,1H3,(H,15,16). The average molecular weight is 236 g/mol. The summed E-state index contributed by atoms with van der Waals surface area (Å²) >= 11 is 0. The van der Waals surface area contributed by atoms with Crippen LogP contribution < -0.4 is 10.6 Å². The van der Waals surface area contributed by atoms with Gasteiger partial charge in [-0.1, -0.05) is 0 Å². The number of hydrogen-bond donors (Lipinski definition) is 2. The first-order valence-corrected chi connectivity index (χ1v) is 5.44. The van der Waals surface area contributed by atoms with E-state index >= 15 is 0 Å². The molecule has 0 radical (unpaired) electrons. The Labute approximate surface area is 91.8 Å². The van der Waals surface area contributed by atoms with Gasteiger partial charge in [-0.3, -0.25) is 4.79 Å². The molecule has 2 fully saturated rings. The van der Waals surface area contributed by atoms with Gasteiger partial charge in [0.1, 0.15) is 5.54 Å². The number of amides is 1. The largest absolute Gasteiger partial charge is 0.411 e. The van der Waals surface area contributed by atoms with Crippen molar-refractivity contribution in [2.45, 2.75) is 49.9 Å². The van der Waals surface area contributed by atoms with Crippen LogP contribution >= 0.6 is 0 Å². The topological polar surface area (TPSA) is 41.1 Å². The van der Waals surface area contributed by atoms with Gasteiger partial charge in [-0.2, -0.15) is 13.2 Å². The second-order valence-electron chi connectivity index (χ2n) is 4.90. The van der Waals surface area contributed by atoms with Crippen molar-refractivity contribution >= 4 is 5.91 Å². The lowest BCUT2D eigenvalue weighted by atomic mass is 9.98. The van der Waals surface area contributed by atoms with E-state index < -0.39 is 23.2 Å². The molecule has 0 spiro atoms. The normalized spacial score (nSPS) is 32.5. The summed E-state index contributed by atoms with van der Waals surface area (Å²) in [6, 6.07) is 0. The van der Waals surface area contributed by atoms with E-state index in [-0.39, 0.29) is 12.8 Å². The van der Waals surface area contributed by atoms with Crippen LogP contribution in [0.5, 0.6) is 0 Å². The molecule has 1 amide bonds. The Morgan fingerprint density at radius 3 is 2.31 bits per heavy atom. The third-order valence-electron chi connectivity index (χ3n) is 3.52. The molecule has 3 nitrogen and oxygen atoms in total. The molecule has 6 heteroatoms. The van der Waals surface area contributed by atoms with Gasteiger partial charge in [-0.25, -0.2) is 0 Å². The van der Waals surface area contributed by atoms with Crippen molar-refractivity contribution in [2.75, 3.05) is 6.54 Å². The van der Waals surface area contributed by atoms with Crippen LogP contribution in [0.2, 0.25) is 0 Å². The maximum atomic E-state index is 12.6. The van der Waals surface area contributed by atoms with Gasteiger partial charge in [0.15, 0.2) is 0 Å². The first kappa shape index (κ1) is 11.7. The van der Waals surface area contributed by atoms with E-state index in [0.29, 0.717) is 13.0 Å². The molecule has 1 heterocycles. The zero-order valence-electron chi connectivity index (χ0n) is 9.08. The molecule has 1 saturated carbocycles. The van der Waals surface area contributed by atoms with Crippen LogP contribution in [0.1, 0.15) is 32.6 Å². The van der Waals surface area contributed by atoms with Gasteiger partial charge >= 0.3 is 6.18 Å². The molecule has 0 bridgehead atoms. The number of hydrogen-bond acceptors (Lipinski definition) is 2. The Kier molecular flexibility index (Phi) is 2.45. The van der Waals surface area contributed by atoms with Crippen LogP contribution in [0.15, 0.2) is 0 Å². The van der Waals surface area contributed by atoms with Gasteiger partial charge in [0.2, 0.25) is 5.91 Å². The van der Waals surface area contributed by atoms with Gasteiger partial charge in [0.25, 0.3) is 0 Å². The Bertz CT molecular complexity index is 304. The van der Waals surface area contributed by atoms with E-state index in [1.54, 1.807) is 6.92 Å². The van der Waals surface area contributed by atoms with Gasteiger partial charge in [0.05, 0.1) is 5.54 Å². The van der Waals surface area contributed by atoms with Crippen molar-refractivity contribution in [3.05, 3.63) is 0 Å². The van der Waals surface area contributed by atoms with E-state index in [2.05, 4.69) is 10.6 Å². The first-order valence-electron chi connectivity index (χ1n) is 5.44. The Hall–Kier alpha value is -0.780. The van der Waals surface area contributed by atoms with Gasteiger partial charge in [0, 0.05) is 0 Å². The lowest BCUT2D eigenvalue weighted by Crippen LogP contribution is -2.58. The molecule has 1 aliphatic heterocycles. The molecule has 0 aromatic rings. The summed E-state index contributed by atoms with van der Waals surface area (Å²) in [5.74, 6) is -0.528. The zero-order valence-corrected chi connectivity index (χ0v) is 9.08. The summed E-state index contributed by atoms with van der Waals surface area (Å²) in [5, 5.41) is 5.12. The molecule has 0 aromatic carbocycles. The SMILES string of the molecule is CC1(C(=O)NC2(C(F)(F)F)CC2)CCCN1. The summed E-state index contributed by atoms with van der Waals surface area (Å²) in [6.45, 7) is 2.34. The minimum Gasteiger partial charge on any atom is -0.340 e. The van der Waals surface area contributed by atoms with Crippen LogP contribution in [0.3, 0.4) is 0 Å². The van der Waals surface area contributed by atoms with E-state index in [1.807, 2.05) is 0 Å². The summed E-state index contributed by atoms with van der Waals surface area (Å²) in [7, 11) is 0. The smallest absolute Gasteiger partial charge is 0.340 e. The van der Waals surface area contributed by atoms with Crippen molar-refractivity contribution in [3.63, 3.8) is 0 Å². The fourth-order valence-corrected chi connectivity index (χ4v) is 2.05. The van der Waals surface area contributed by atoms with E-state index in [4.69, 9.17) is 0 Å². The molecular weight excluding hydrogens is 221 g/mol. The molecule has 0 aromatic heterocycles. The number of nitrogens with one attached hydrogen (secondary N) is 2. The molecule has 92 valence electrons. The second kappa shape index (κ2) is 3.35. The molecule has 2 aliphatic rings. The number of halogens is 3. The maximum absolute atomic E-state index is 12.6. The van der Waals surface area contributed by atoms with E-state index in [0.717, 1.165) is 6.42 Å². The van der Waals surface area contributed by atoms with Crippen molar-refractivity contribution in [3.8, 4) is 0 Å². The highest BCUT2D eigenvalue weighted by atomic mass is 19.4. The fourth-order valence-electron chi connectivity index (χ4n) is 2.05. The Balaban J connectivity index is 2.03. The lowest BCUT2D eigenvalue weighted by Gasteiger charge is -2.28. The number of alkyl halides is 3. The van der Waals surface area contributed by atoms with Gasteiger partial charge in [-0.05, 0) is 39.2 Å². The highest BCUT2D eigenvalue weighted by molar-refractivity contribution is 5.87. The van der Waals surface area contributed by atoms with Crippen LogP contribution in [0.25, 0.3) is 0 Å². The van der Waals surface area contributed by atoms with Gasteiger partial charge in [-0.15, -0.1) is 0 Å². The third kappa shape index (κ3) is 1.79. The average Bonchev–Trinajstić information content (AvgIpc) is 2.81. The minimum absolute atomic E-state index is 0.00167. The number of rotatable bonds is 2. The molecular formula is C10H15F3N2O. The molecule has 16 heavy (non-hydrogen) atoms. The quantitative estimate of drug-likeness (QED) is 0.759. The van der Waals surface area contributed by atoms with Crippen molar-refractivity contribution in [1.82, 2.24) is 10.6 Å². The summed E-state index contributed by atoms with van der Waals surface area (Å²) in [4.78, 5) is 11.8. The maximum Gasteiger partial charge on any atom is 0.411 e. The summed E-state index contributed by atoms with van der Waals surface area (Å²) in [5.41, 5.74) is -2.78. The molecule has 1 saturated heterocycles. The van der Waals surface area contributed by atoms with E-state index in [1.165, 1.54) is 0 Å². The molecule has 1 aliphatic carbocycles.